The Labute approximate surface area is 87.2 Å². The molecule has 0 unspecified atom stereocenters. The van der Waals surface area contributed by atoms with Gasteiger partial charge in [0.15, 0.2) is 0 Å². The van der Waals surface area contributed by atoms with Gasteiger partial charge in [-0.05, 0) is 12.8 Å². The molecule has 1 aliphatic heterocycles. The summed E-state index contributed by atoms with van der Waals surface area (Å²) in [6.45, 7) is 0.343. The van der Waals surface area contributed by atoms with Crippen LogP contribution in [0.2, 0.25) is 0 Å². The van der Waals surface area contributed by atoms with E-state index in [0.717, 1.165) is 0 Å². The van der Waals surface area contributed by atoms with E-state index in [-0.39, 0.29) is 25.0 Å². The predicted octanol–water partition coefficient (Wildman–Crippen LogP) is -0.562. The van der Waals surface area contributed by atoms with Crippen LogP contribution in [-0.2, 0) is 14.3 Å². The van der Waals surface area contributed by atoms with Crippen LogP contribution in [0, 0.1) is 0 Å². The molecular weight excluding hydrogens is 204 g/mol. The summed E-state index contributed by atoms with van der Waals surface area (Å²) in [6.07, 6.45) is 1.17. The van der Waals surface area contributed by atoms with Gasteiger partial charge in [0, 0.05) is 6.54 Å². The van der Waals surface area contributed by atoms with Gasteiger partial charge in [-0.25, -0.2) is 0 Å². The van der Waals surface area contributed by atoms with Gasteiger partial charge in [-0.15, -0.1) is 0 Å². The Hall–Kier alpha value is -1.01. The quantitative estimate of drug-likeness (QED) is 0.503. The van der Waals surface area contributed by atoms with E-state index in [1.54, 1.807) is 0 Å². The molecule has 2 amide bonds. The summed E-state index contributed by atoms with van der Waals surface area (Å²) in [6, 6.07) is 0. The second-order valence-electron chi connectivity index (χ2n) is 3.00. The van der Waals surface area contributed by atoms with Crippen molar-refractivity contribution in [3.8, 4) is 0 Å². The van der Waals surface area contributed by atoms with Crippen molar-refractivity contribution in [1.29, 1.82) is 0 Å². The maximum absolute atomic E-state index is 11.2. The normalized spacial score (nSPS) is 17.3. The molecule has 1 rings (SSSR count). The number of imide groups is 1. The fourth-order valence-corrected chi connectivity index (χ4v) is 1.33. The summed E-state index contributed by atoms with van der Waals surface area (Å²) in [4.78, 5) is 24.0. The van der Waals surface area contributed by atoms with Gasteiger partial charge >= 0.3 is 0 Å². The molecule has 6 heteroatoms. The van der Waals surface area contributed by atoms with Crippen molar-refractivity contribution in [3.05, 3.63) is 0 Å². The molecule has 1 heterocycles. The Kier molecular flexibility index (Phi) is 3.97. The molecule has 0 bridgehead atoms. The highest BCUT2D eigenvalue weighted by Gasteiger charge is 2.25. The molecule has 0 spiro atoms. The number of amides is 2. The van der Waals surface area contributed by atoms with Crippen molar-refractivity contribution in [2.75, 3.05) is 19.8 Å². The fourth-order valence-electron chi connectivity index (χ4n) is 1.18. The maximum Gasteiger partial charge on any atom is 0.255 e. The molecule has 0 radical (unpaired) electrons. The Morgan fingerprint density at radius 2 is 2.00 bits per heavy atom. The third-order valence-corrected chi connectivity index (χ3v) is 2.06. The van der Waals surface area contributed by atoms with Crippen LogP contribution in [0.5, 0.6) is 0 Å². The molecular formula is C8H12N2O3S. The van der Waals surface area contributed by atoms with E-state index in [0.29, 0.717) is 24.4 Å². The first kappa shape index (κ1) is 11.1. The first-order valence-electron chi connectivity index (χ1n) is 4.30. The number of hydrogen-bond donors (Lipinski definition) is 1. The summed E-state index contributed by atoms with van der Waals surface area (Å²) < 4.78 is 4.76. The molecule has 1 aliphatic rings. The molecule has 1 fully saturated rings. The van der Waals surface area contributed by atoms with Crippen molar-refractivity contribution < 1.29 is 14.3 Å². The van der Waals surface area contributed by atoms with Crippen LogP contribution in [0.3, 0.4) is 0 Å². The minimum Gasteiger partial charge on any atom is -0.393 e. The number of nitrogens with two attached hydrogens (primary N) is 1. The number of nitrogens with zero attached hydrogens (tertiary/aromatic N) is 1. The average molecular weight is 216 g/mol. The van der Waals surface area contributed by atoms with E-state index in [4.69, 9.17) is 10.5 Å². The minimum atomic E-state index is -0.288. The van der Waals surface area contributed by atoms with Crippen LogP contribution in [-0.4, -0.2) is 41.5 Å². The number of morpholine rings is 1. The van der Waals surface area contributed by atoms with Gasteiger partial charge in [-0.3, -0.25) is 14.5 Å². The predicted molar refractivity (Wildman–Crippen MR) is 53.6 cm³/mol. The van der Waals surface area contributed by atoms with E-state index in [1.807, 2.05) is 0 Å². The lowest BCUT2D eigenvalue weighted by atomic mass is 10.2. The Morgan fingerprint density at radius 1 is 1.43 bits per heavy atom. The average Bonchev–Trinajstić information content (AvgIpc) is 2.09. The summed E-state index contributed by atoms with van der Waals surface area (Å²) in [7, 11) is 0. The monoisotopic (exact) mass is 216 g/mol. The van der Waals surface area contributed by atoms with Crippen LogP contribution in [0.15, 0.2) is 0 Å². The van der Waals surface area contributed by atoms with Gasteiger partial charge in [0.25, 0.3) is 11.8 Å². The van der Waals surface area contributed by atoms with Crippen molar-refractivity contribution >= 4 is 29.0 Å². The highest BCUT2D eigenvalue weighted by atomic mass is 32.1. The number of carbonyl (C=O) groups is 2. The molecule has 0 aromatic heterocycles. The third kappa shape index (κ3) is 3.04. The Balaban J connectivity index is 2.37. The van der Waals surface area contributed by atoms with Gasteiger partial charge in [0.2, 0.25) is 0 Å². The van der Waals surface area contributed by atoms with E-state index in [1.165, 1.54) is 4.90 Å². The molecule has 78 valence electrons. The highest BCUT2D eigenvalue weighted by molar-refractivity contribution is 7.80. The van der Waals surface area contributed by atoms with E-state index in [2.05, 4.69) is 12.2 Å². The number of ether oxygens (including phenoxy) is 1. The zero-order valence-corrected chi connectivity index (χ0v) is 8.51. The molecule has 0 aromatic rings. The fraction of sp³-hybridized carbons (Fsp3) is 0.625. The first-order valence-corrected chi connectivity index (χ1v) is 4.71. The largest absolute Gasteiger partial charge is 0.393 e. The summed E-state index contributed by atoms with van der Waals surface area (Å²) in [5.41, 5.74) is 5.30. The van der Waals surface area contributed by atoms with Crippen LogP contribution < -0.4 is 5.73 Å². The molecule has 2 N–H and O–H groups in total. The van der Waals surface area contributed by atoms with Gasteiger partial charge in [-0.1, -0.05) is 12.2 Å². The number of thiocarbonyl (C=S) groups is 1. The first-order chi connectivity index (χ1) is 6.61. The molecule has 5 nitrogen and oxygen atoms in total. The second-order valence-corrected chi connectivity index (χ2v) is 3.53. The molecule has 0 aromatic carbocycles. The summed E-state index contributed by atoms with van der Waals surface area (Å²) in [5, 5.41) is 0. The highest BCUT2D eigenvalue weighted by Crippen LogP contribution is 2.03. The van der Waals surface area contributed by atoms with E-state index in [9.17, 15) is 9.59 Å². The van der Waals surface area contributed by atoms with Crippen molar-refractivity contribution in [2.45, 2.75) is 12.8 Å². The minimum absolute atomic E-state index is 0.0151. The zero-order chi connectivity index (χ0) is 10.6. The Morgan fingerprint density at radius 3 is 2.50 bits per heavy atom. The summed E-state index contributed by atoms with van der Waals surface area (Å²) >= 11 is 4.69. The summed E-state index contributed by atoms with van der Waals surface area (Å²) in [5.74, 6) is -0.576. The van der Waals surface area contributed by atoms with E-state index < -0.39 is 0 Å². The molecule has 0 saturated carbocycles. The van der Waals surface area contributed by atoms with Gasteiger partial charge in [0.1, 0.15) is 13.2 Å². The molecule has 1 saturated heterocycles. The lowest BCUT2D eigenvalue weighted by Gasteiger charge is -2.24. The lowest BCUT2D eigenvalue weighted by Crippen LogP contribution is -2.46. The van der Waals surface area contributed by atoms with Crippen LogP contribution >= 0.6 is 12.2 Å². The van der Waals surface area contributed by atoms with Crippen molar-refractivity contribution in [2.24, 2.45) is 5.73 Å². The number of carbonyl (C=O) groups excluding carboxylic acids is 2. The number of rotatable bonds is 4. The standard InChI is InChI=1S/C8H12N2O3S/c9-6(14)2-1-3-10-7(11)4-13-5-8(10)12/h1-5H2,(H2,9,14). The molecule has 14 heavy (non-hydrogen) atoms. The molecule has 0 aliphatic carbocycles. The topological polar surface area (TPSA) is 72.6 Å². The van der Waals surface area contributed by atoms with Gasteiger partial charge in [0.05, 0.1) is 4.99 Å². The van der Waals surface area contributed by atoms with Crippen LogP contribution in [0.1, 0.15) is 12.8 Å². The molecule has 0 atom stereocenters. The Bertz CT molecular complexity index is 251. The second kappa shape index (κ2) is 5.02. The third-order valence-electron chi connectivity index (χ3n) is 1.86. The SMILES string of the molecule is NC(=S)CCCN1C(=O)COCC1=O. The van der Waals surface area contributed by atoms with Crippen molar-refractivity contribution in [1.82, 2.24) is 4.90 Å². The van der Waals surface area contributed by atoms with Gasteiger partial charge < -0.3 is 10.5 Å². The van der Waals surface area contributed by atoms with Crippen LogP contribution in [0.4, 0.5) is 0 Å². The van der Waals surface area contributed by atoms with Crippen molar-refractivity contribution in [3.63, 3.8) is 0 Å². The zero-order valence-electron chi connectivity index (χ0n) is 7.69. The maximum atomic E-state index is 11.2. The smallest absolute Gasteiger partial charge is 0.255 e. The van der Waals surface area contributed by atoms with Crippen LogP contribution in [0.25, 0.3) is 0 Å². The van der Waals surface area contributed by atoms with E-state index >= 15 is 0 Å². The number of hydrogen-bond acceptors (Lipinski definition) is 4. The lowest BCUT2D eigenvalue weighted by molar-refractivity contribution is -0.158. The van der Waals surface area contributed by atoms with Gasteiger partial charge in [-0.2, -0.15) is 0 Å².